The molecule has 2 aromatic rings. The summed E-state index contributed by atoms with van der Waals surface area (Å²) in [5.74, 6) is 1.99. The molecule has 4 rings (SSSR count). The molecule has 0 N–H and O–H groups in total. The third-order valence-corrected chi connectivity index (χ3v) is 5.03. The summed E-state index contributed by atoms with van der Waals surface area (Å²) in [6.45, 7) is 3.04. The predicted molar refractivity (Wildman–Crippen MR) is 90.0 cm³/mol. The fraction of sp³-hybridized carbons (Fsp3) is 0.500. The molecule has 3 heterocycles. The smallest absolute Gasteiger partial charge is 0.225 e. The highest BCUT2D eigenvalue weighted by Gasteiger charge is 2.47. The Balaban J connectivity index is 1.46. The maximum atomic E-state index is 6.29. The summed E-state index contributed by atoms with van der Waals surface area (Å²) in [4.78, 5) is 15.1. The zero-order chi connectivity index (χ0) is 16.2. The first kappa shape index (κ1) is 15.3. The number of pyridine rings is 1. The van der Waals surface area contributed by atoms with Crippen LogP contribution in [-0.4, -0.2) is 46.9 Å². The molecule has 0 bridgehead atoms. The van der Waals surface area contributed by atoms with Crippen LogP contribution in [0.2, 0.25) is 0 Å². The second-order valence-corrected chi connectivity index (χ2v) is 6.47. The van der Waals surface area contributed by atoms with Crippen molar-refractivity contribution in [3.63, 3.8) is 0 Å². The Morgan fingerprint density at radius 2 is 2.17 bits per heavy atom. The average molecular weight is 326 g/mol. The van der Waals surface area contributed by atoms with Crippen molar-refractivity contribution in [1.29, 1.82) is 0 Å². The maximum Gasteiger partial charge on any atom is 0.225 e. The summed E-state index contributed by atoms with van der Waals surface area (Å²) in [7, 11) is 0. The number of nitrogens with zero attached hydrogens (tertiary/aromatic N) is 4. The standard InChI is InChI=1S/C18H22N4O2/c1-4-15(13-23-16-5-2-7-19-12-16)18(6-1)14-22(10-11-24-18)17-20-8-3-9-21-17/h2-3,5,7-9,12,15H,1,4,6,10-11,13-14H2/t15-,18-/m0/s1. The quantitative estimate of drug-likeness (QED) is 0.859. The van der Waals surface area contributed by atoms with Crippen molar-refractivity contribution >= 4 is 5.95 Å². The van der Waals surface area contributed by atoms with Crippen LogP contribution in [0.3, 0.4) is 0 Å². The molecule has 1 aliphatic carbocycles. The molecule has 0 aromatic carbocycles. The van der Waals surface area contributed by atoms with E-state index in [1.807, 2.05) is 18.2 Å². The van der Waals surface area contributed by atoms with Crippen LogP contribution in [-0.2, 0) is 4.74 Å². The first-order valence-corrected chi connectivity index (χ1v) is 8.54. The molecule has 2 fully saturated rings. The van der Waals surface area contributed by atoms with E-state index in [-0.39, 0.29) is 5.60 Å². The molecular weight excluding hydrogens is 304 g/mol. The summed E-state index contributed by atoms with van der Waals surface area (Å²) in [5, 5.41) is 0. The second kappa shape index (κ2) is 6.73. The Hall–Kier alpha value is -2.21. The van der Waals surface area contributed by atoms with Crippen molar-refractivity contribution in [2.75, 3.05) is 31.2 Å². The lowest BCUT2D eigenvalue weighted by molar-refractivity contribution is -0.0897. The number of ether oxygens (including phenoxy) is 2. The molecule has 1 saturated carbocycles. The van der Waals surface area contributed by atoms with Crippen LogP contribution in [0.15, 0.2) is 43.0 Å². The van der Waals surface area contributed by atoms with Gasteiger partial charge in [0.2, 0.25) is 5.95 Å². The third-order valence-electron chi connectivity index (χ3n) is 5.03. The van der Waals surface area contributed by atoms with Gasteiger partial charge in [0.15, 0.2) is 0 Å². The van der Waals surface area contributed by atoms with Gasteiger partial charge in [0, 0.05) is 31.1 Å². The molecule has 126 valence electrons. The molecular formula is C18H22N4O2. The minimum absolute atomic E-state index is 0.153. The molecule has 2 aliphatic rings. The van der Waals surface area contributed by atoms with E-state index in [0.29, 0.717) is 19.1 Å². The van der Waals surface area contributed by atoms with Crippen LogP contribution in [0.5, 0.6) is 5.75 Å². The van der Waals surface area contributed by atoms with Crippen LogP contribution in [0.4, 0.5) is 5.95 Å². The third kappa shape index (κ3) is 3.06. The van der Waals surface area contributed by atoms with Crippen LogP contribution in [0.25, 0.3) is 0 Å². The van der Waals surface area contributed by atoms with E-state index >= 15 is 0 Å². The molecule has 6 nitrogen and oxygen atoms in total. The Morgan fingerprint density at radius 1 is 1.25 bits per heavy atom. The summed E-state index contributed by atoms with van der Waals surface area (Å²) in [5.41, 5.74) is -0.153. The first-order valence-electron chi connectivity index (χ1n) is 8.54. The van der Waals surface area contributed by atoms with Crippen molar-refractivity contribution in [1.82, 2.24) is 15.0 Å². The van der Waals surface area contributed by atoms with Gasteiger partial charge < -0.3 is 14.4 Å². The normalized spacial score (nSPS) is 26.7. The number of hydrogen-bond acceptors (Lipinski definition) is 6. The largest absolute Gasteiger partial charge is 0.492 e. The van der Waals surface area contributed by atoms with Gasteiger partial charge in [0.1, 0.15) is 5.75 Å². The predicted octanol–water partition coefficient (Wildman–Crippen LogP) is 2.33. The highest BCUT2D eigenvalue weighted by molar-refractivity contribution is 5.31. The first-order chi connectivity index (χ1) is 11.9. The van der Waals surface area contributed by atoms with Crippen molar-refractivity contribution < 1.29 is 9.47 Å². The van der Waals surface area contributed by atoms with Gasteiger partial charge >= 0.3 is 0 Å². The highest BCUT2D eigenvalue weighted by atomic mass is 16.5. The molecule has 1 spiro atoms. The number of hydrogen-bond donors (Lipinski definition) is 0. The molecule has 1 aliphatic heterocycles. The van der Waals surface area contributed by atoms with E-state index < -0.39 is 0 Å². The maximum absolute atomic E-state index is 6.29. The van der Waals surface area contributed by atoms with Crippen molar-refractivity contribution in [3.05, 3.63) is 43.0 Å². The highest BCUT2D eigenvalue weighted by Crippen LogP contribution is 2.41. The van der Waals surface area contributed by atoms with E-state index in [2.05, 4.69) is 19.9 Å². The minimum atomic E-state index is -0.153. The van der Waals surface area contributed by atoms with Gasteiger partial charge in [-0.15, -0.1) is 0 Å². The van der Waals surface area contributed by atoms with E-state index in [0.717, 1.165) is 37.6 Å². The molecule has 1 saturated heterocycles. The van der Waals surface area contributed by atoms with E-state index in [1.54, 1.807) is 24.8 Å². The summed E-state index contributed by atoms with van der Waals surface area (Å²) < 4.78 is 12.3. The Bertz CT molecular complexity index is 655. The lowest BCUT2D eigenvalue weighted by Gasteiger charge is -2.43. The van der Waals surface area contributed by atoms with E-state index in [1.165, 1.54) is 6.42 Å². The summed E-state index contributed by atoms with van der Waals surface area (Å²) >= 11 is 0. The molecule has 24 heavy (non-hydrogen) atoms. The van der Waals surface area contributed by atoms with Gasteiger partial charge in [-0.3, -0.25) is 4.98 Å². The topological polar surface area (TPSA) is 60.4 Å². The van der Waals surface area contributed by atoms with Crippen LogP contribution in [0.1, 0.15) is 19.3 Å². The van der Waals surface area contributed by atoms with Gasteiger partial charge in [0.25, 0.3) is 0 Å². The van der Waals surface area contributed by atoms with Gasteiger partial charge in [-0.2, -0.15) is 0 Å². The van der Waals surface area contributed by atoms with Crippen molar-refractivity contribution in [3.8, 4) is 5.75 Å². The fourth-order valence-corrected chi connectivity index (χ4v) is 3.81. The Morgan fingerprint density at radius 3 is 3.00 bits per heavy atom. The summed E-state index contributed by atoms with van der Waals surface area (Å²) in [6.07, 6.45) is 10.5. The van der Waals surface area contributed by atoms with Crippen LogP contribution >= 0.6 is 0 Å². The number of morpholine rings is 1. The number of rotatable bonds is 4. The molecule has 2 aromatic heterocycles. The molecule has 0 radical (unpaired) electrons. The number of anilines is 1. The lowest BCUT2D eigenvalue weighted by atomic mass is 9.89. The van der Waals surface area contributed by atoms with Gasteiger partial charge in [-0.25, -0.2) is 9.97 Å². The molecule has 6 heteroatoms. The van der Waals surface area contributed by atoms with Crippen LogP contribution < -0.4 is 9.64 Å². The lowest BCUT2D eigenvalue weighted by Crippen LogP contribution is -2.55. The van der Waals surface area contributed by atoms with Gasteiger partial charge in [0.05, 0.1) is 31.6 Å². The minimum Gasteiger partial charge on any atom is -0.492 e. The zero-order valence-electron chi connectivity index (χ0n) is 13.7. The van der Waals surface area contributed by atoms with Crippen molar-refractivity contribution in [2.45, 2.75) is 24.9 Å². The van der Waals surface area contributed by atoms with Crippen LogP contribution in [0, 0.1) is 5.92 Å². The van der Waals surface area contributed by atoms with Gasteiger partial charge in [-0.1, -0.05) is 0 Å². The second-order valence-electron chi connectivity index (χ2n) is 6.47. The number of aromatic nitrogens is 3. The monoisotopic (exact) mass is 326 g/mol. The van der Waals surface area contributed by atoms with Crippen molar-refractivity contribution in [2.24, 2.45) is 5.92 Å². The van der Waals surface area contributed by atoms with E-state index in [4.69, 9.17) is 9.47 Å². The Kier molecular flexibility index (Phi) is 4.30. The average Bonchev–Trinajstić information content (AvgIpc) is 3.03. The zero-order valence-corrected chi connectivity index (χ0v) is 13.7. The molecule has 2 atom stereocenters. The Labute approximate surface area is 141 Å². The molecule has 0 amide bonds. The SMILES string of the molecule is c1cnc(N2CCO[C@@]3(CCC[C@H]3COc3cccnc3)C2)nc1. The summed E-state index contributed by atoms with van der Waals surface area (Å²) in [6, 6.07) is 5.69. The van der Waals surface area contributed by atoms with Gasteiger partial charge in [-0.05, 0) is 37.5 Å². The van der Waals surface area contributed by atoms with E-state index in [9.17, 15) is 0 Å². The fourth-order valence-electron chi connectivity index (χ4n) is 3.81. The molecule has 0 unspecified atom stereocenters.